The summed E-state index contributed by atoms with van der Waals surface area (Å²) in [6, 6.07) is 4.13. The number of nitrogens with zero attached hydrogens (tertiary/aromatic N) is 4. The average molecular weight is 465 g/mol. The molecule has 0 bridgehead atoms. The van der Waals surface area contributed by atoms with Crippen molar-refractivity contribution in [1.82, 2.24) is 14.9 Å². The van der Waals surface area contributed by atoms with Crippen molar-refractivity contribution >= 4 is 45.2 Å². The largest absolute Gasteiger partial charge is 0.491 e. The molecule has 1 atom stereocenters. The summed E-state index contributed by atoms with van der Waals surface area (Å²) in [5.74, 6) is 1.78. The number of nitrogens with one attached hydrogen (secondary N) is 1. The first-order valence-corrected chi connectivity index (χ1v) is 12.1. The van der Waals surface area contributed by atoms with Crippen molar-refractivity contribution in [2.24, 2.45) is 16.6 Å². The number of benzene rings is 1. The van der Waals surface area contributed by atoms with Crippen molar-refractivity contribution in [2.75, 3.05) is 32.6 Å². The van der Waals surface area contributed by atoms with Gasteiger partial charge in [0.2, 0.25) is 5.91 Å². The summed E-state index contributed by atoms with van der Waals surface area (Å²) in [4.78, 5) is 29.9. The van der Waals surface area contributed by atoms with Crippen molar-refractivity contribution in [3.63, 3.8) is 0 Å². The average Bonchev–Trinajstić information content (AvgIpc) is 3.42. The van der Waals surface area contributed by atoms with Gasteiger partial charge >= 0.3 is 0 Å². The van der Waals surface area contributed by atoms with Crippen LogP contribution in [0.2, 0.25) is 0 Å². The number of hydrogen-bond acceptors (Lipinski definition) is 8. The molecule has 0 radical (unpaired) electrons. The van der Waals surface area contributed by atoms with Crippen molar-refractivity contribution < 1.29 is 9.53 Å². The Morgan fingerprint density at radius 2 is 2.21 bits per heavy atom. The lowest BCUT2D eigenvalue weighted by molar-refractivity contribution is -0.133. The molecule has 1 aliphatic heterocycles. The SMILES string of the molecule is CN(C)C(=O)[C@H]1CCc2c(sc3ncnc(Nc4cc5c(cc4OCCCN)CN=C5)c23)C1. The summed E-state index contributed by atoms with van der Waals surface area (Å²) >= 11 is 1.67. The van der Waals surface area contributed by atoms with E-state index in [2.05, 4.69) is 32.4 Å². The number of rotatable bonds is 7. The molecule has 3 aromatic rings. The standard InChI is InChI=1S/C24H28N6O2S/c1-30(2)24(31)14-4-5-17-20(10-14)33-23-21(17)22(27-13-28-23)29-18-8-15-11-26-12-16(15)9-19(18)32-7-3-6-25/h8-9,11,13-14H,3-7,10,12,25H2,1-2H3,(H,27,28,29)/t14-/m0/s1. The van der Waals surface area contributed by atoms with Gasteiger partial charge in [0.25, 0.3) is 0 Å². The van der Waals surface area contributed by atoms with Gasteiger partial charge in [-0.1, -0.05) is 0 Å². The summed E-state index contributed by atoms with van der Waals surface area (Å²) in [5, 5.41) is 4.57. The Hall–Kier alpha value is -3.04. The van der Waals surface area contributed by atoms with Crippen LogP contribution < -0.4 is 15.8 Å². The molecule has 33 heavy (non-hydrogen) atoms. The van der Waals surface area contributed by atoms with E-state index in [-0.39, 0.29) is 11.8 Å². The van der Waals surface area contributed by atoms with E-state index in [0.29, 0.717) is 19.7 Å². The quantitative estimate of drug-likeness (QED) is 0.520. The molecule has 0 saturated carbocycles. The number of hydrogen-bond donors (Lipinski definition) is 2. The van der Waals surface area contributed by atoms with E-state index >= 15 is 0 Å². The Balaban J connectivity index is 1.49. The van der Waals surface area contributed by atoms with E-state index < -0.39 is 0 Å². The van der Waals surface area contributed by atoms with Gasteiger partial charge in [0.05, 0.1) is 24.2 Å². The van der Waals surface area contributed by atoms with Crippen LogP contribution in [0.3, 0.4) is 0 Å². The summed E-state index contributed by atoms with van der Waals surface area (Å²) in [6.45, 7) is 1.81. The Morgan fingerprint density at radius 3 is 3.03 bits per heavy atom. The minimum absolute atomic E-state index is 0.0310. The second-order valence-corrected chi connectivity index (χ2v) is 9.79. The van der Waals surface area contributed by atoms with Gasteiger partial charge in [-0.05, 0) is 61.1 Å². The number of carbonyl (C=O) groups is 1. The molecule has 0 fully saturated rings. The normalized spacial score (nSPS) is 16.5. The van der Waals surface area contributed by atoms with E-state index in [1.165, 1.54) is 10.4 Å². The summed E-state index contributed by atoms with van der Waals surface area (Å²) in [6.07, 6.45) is 6.73. The molecule has 0 unspecified atom stereocenters. The number of thiophene rings is 1. The van der Waals surface area contributed by atoms with Crippen molar-refractivity contribution in [3.8, 4) is 5.75 Å². The van der Waals surface area contributed by atoms with E-state index in [1.54, 1.807) is 22.6 Å². The molecule has 172 valence electrons. The zero-order valence-electron chi connectivity index (χ0n) is 18.9. The third kappa shape index (κ3) is 4.18. The van der Waals surface area contributed by atoms with Gasteiger partial charge in [-0.3, -0.25) is 9.79 Å². The van der Waals surface area contributed by atoms with Crippen molar-refractivity contribution in [3.05, 3.63) is 40.0 Å². The zero-order chi connectivity index (χ0) is 22.9. The Bertz CT molecular complexity index is 1240. The van der Waals surface area contributed by atoms with Crippen molar-refractivity contribution in [2.45, 2.75) is 32.2 Å². The highest BCUT2D eigenvalue weighted by Gasteiger charge is 2.30. The van der Waals surface area contributed by atoms with Gasteiger partial charge in [0, 0.05) is 31.1 Å². The smallest absolute Gasteiger partial charge is 0.225 e. The highest BCUT2D eigenvalue weighted by molar-refractivity contribution is 7.19. The van der Waals surface area contributed by atoms with Crippen molar-refractivity contribution in [1.29, 1.82) is 0 Å². The van der Waals surface area contributed by atoms with E-state index in [0.717, 1.165) is 64.3 Å². The van der Waals surface area contributed by atoms with Crippen LogP contribution in [0.15, 0.2) is 23.5 Å². The van der Waals surface area contributed by atoms with Gasteiger partial charge in [-0.25, -0.2) is 9.97 Å². The fraction of sp³-hybridized carbons (Fsp3) is 0.417. The molecule has 1 aromatic carbocycles. The zero-order valence-corrected chi connectivity index (χ0v) is 19.7. The maximum absolute atomic E-state index is 12.5. The van der Waals surface area contributed by atoms with Gasteiger partial charge < -0.3 is 20.7 Å². The molecular formula is C24H28N6O2S. The first kappa shape index (κ1) is 21.8. The fourth-order valence-corrected chi connectivity index (χ4v) is 5.80. The highest BCUT2D eigenvalue weighted by atomic mass is 32.1. The van der Waals surface area contributed by atoms with E-state index in [9.17, 15) is 4.79 Å². The molecule has 9 heteroatoms. The van der Waals surface area contributed by atoms with Crippen LogP contribution in [0, 0.1) is 5.92 Å². The molecule has 5 rings (SSSR count). The predicted octanol–water partition coefficient (Wildman–Crippen LogP) is 3.29. The van der Waals surface area contributed by atoms with Crippen LogP contribution in [-0.4, -0.2) is 54.2 Å². The van der Waals surface area contributed by atoms with Crippen LogP contribution >= 0.6 is 11.3 Å². The molecule has 2 aromatic heterocycles. The highest BCUT2D eigenvalue weighted by Crippen LogP contribution is 2.42. The van der Waals surface area contributed by atoms with Gasteiger partial charge in [-0.2, -0.15) is 0 Å². The molecular weight excluding hydrogens is 436 g/mol. The second-order valence-electron chi connectivity index (χ2n) is 8.71. The van der Waals surface area contributed by atoms with Crippen LogP contribution in [0.5, 0.6) is 5.75 Å². The Morgan fingerprint density at radius 1 is 1.33 bits per heavy atom. The van der Waals surface area contributed by atoms with Gasteiger partial charge in [-0.15, -0.1) is 11.3 Å². The van der Waals surface area contributed by atoms with Gasteiger partial charge in [0.1, 0.15) is 22.7 Å². The number of amides is 1. The number of anilines is 2. The number of fused-ring (bicyclic) bond motifs is 4. The minimum atomic E-state index is 0.0310. The molecule has 0 saturated heterocycles. The number of aryl methyl sites for hydroxylation is 1. The number of aromatic nitrogens is 2. The van der Waals surface area contributed by atoms with Crippen LogP contribution in [0.25, 0.3) is 10.2 Å². The fourth-order valence-electron chi connectivity index (χ4n) is 4.53. The van der Waals surface area contributed by atoms with Crippen LogP contribution in [0.4, 0.5) is 11.5 Å². The molecule has 0 spiro atoms. The molecule has 8 nitrogen and oxygen atoms in total. The topological polar surface area (TPSA) is 106 Å². The maximum atomic E-state index is 12.5. The predicted molar refractivity (Wildman–Crippen MR) is 132 cm³/mol. The number of carbonyl (C=O) groups excluding carboxylic acids is 1. The lowest BCUT2D eigenvalue weighted by Crippen LogP contribution is -2.32. The first-order valence-electron chi connectivity index (χ1n) is 11.3. The number of aliphatic imine (C=N–C) groups is 1. The number of nitrogens with two attached hydrogens (primary N) is 1. The van der Waals surface area contributed by atoms with Crippen LogP contribution in [0.1, 0.15) is 34.4 Å². The van der Waals surface area contributed by atoms with Crippen LogP contribution in [-0.2, 0) is 24.2 Å². The lowest BCUT2D eigenvalue weighted by atomic mass is 9.87. The summed E-state index contributed by atoms with van der Waals surface area (Å²) in [5.41, 5.74) is 10.0. The Labute approximate surface area is 196 Å². The molecule has 3 heterocycles. The van der Waals surface area contributed by atoms with E-state index in [4.69, 9.17) is 10.5 Å². The monoisotopic (exact) mass is 464 g/mol. The van der Waals surface area contributed by atoms with Gasteiger partial charge in [0.15, 0.2) is 0 Å². The summed E-state index contributed by atoms with van der Waals surface area (Å²) in [7, 11) is 3.65. The molecule has 3 N–H and O–H groups in total. The molecule has 1 aliphatic carbocycles. The minimum Gasteiger partial charge on any atom is -0.491 e. The maximum Gasteiger partial charge on any atom is 0.225 e. The third-order valence-corrected chi connectivity index (χ3v) is 7.39. The molecule has 1 amide bonds. The summed E-state index contributed by atoms with van der Waals surface area (Å²) < 4.78 is 6.06. The molecule has 2 aliphatic rings. The first-order chi connectivity index (χ1) is 16.0. The van der Waals surface area contributed by atoms with E-state index in [1.807, 2.05) is 20.3 Å². The Kier molecular flexibility index (Phi) is 5.99. The lowest BCUT2D eigenvalue weighted by Gasteiger charge is -2.24. The number of ether oxygens (including phenoxy) is 1. The third-order valence-electron chi connectivity index (χ3n) is 6.23. The second kappa shape index (κ2) is 9.07.